The third kappa shape index (κ3) is 6.90. The molecule has 0 heterocycles. The minimum absolute atomic E-state index is 0. The molecule has 3 aromatic rings. The van der Waals surface area contributed by atoms with Gasteiger partial charge in [-0.05, 0) is 19.3 Å². The third-order valence-corrected chi connectivity index (χ3v) is 3.76. The van der Waals surface area contributed by atoms with Gasteiger partial charge in [-0.25, -0.2) is 12.1 Å². The second-order valence-corrected chi connectivity index (χ2v) is 5.04. The van der Waals surface area contributed by atoms with E-state index in [1.807, 2.05) is 30.3 Å². The standard InChI is InChI=1S/C13H13.C5H5.5CH3.Zr/c1-9-5-6-12-7-10-3-2-4-11(10)8-13(9)12;1-2-4-5-3-1;;;;;;/h5-8H,2-4H2,1H3;1-5H;5*1H3;/q7*-1;. The maximum Gasteiger partial charge on any atom is 0 e. The Hall–Kier alpha value is -0.937. The molecule has 3 aromatic carbocycles. The average Bonchev–Trinajstić information content (AvgIpc) is 3.09. The van der Waals surface area contributed by atoms with Crippen LogP contribution in [0.1, 0.15) is 23.1 Å². The summed E-state index contributed by atoms with van der Waals surface area (Å²) in [7, 11) is 0. The average molecular weight is 401 g/mol. The molecule has 0 N–H and O–H groups in total. The summed E-state index contributed by atoms with van der Waals surface area (Å²) in [6.45, 7) is 2.20. The molecule has 1 heteroatoms. The van der Waals surface area contributed by atoms with E-state index in [2.05, 4.69) is 31.2 Å². The van der Waals surface area contributed by atoms with E-state index in [1.54, 1.807) is 11.1 Å². The van der Waals surface area contributed by atoms with Gasteiger partial charge in [-0.3, -0.25) is 0 Å². The van der Waals surface area contributed by atoms with Gasteiger partial charge in [-0.1, -0.05) is 18.1 Å². The first kappa shape index (κ1) is 30.9. The molecule has 0 aromatic heterocycles. The molecular weight excluding hydrogens is 367 g/mol. The molecule has 0 atom stereocenters. The molecule has 0 fully saturated rings. The largest absolute Gasteiger partial charge is 0.358 e. The topological polar surface area (TPSA) is 0 Å². The second kappa shape index (κ2) is 14.4. The molecule has 4 rings (SSSR count). The van der Waals surface area contributed by atoms with Crippen molar-refractivity contribution in [1.29, 1.82) is 0 Å². The number of fused-ring (bicyclic) bond motifs is 2. The molecule has 0 radical (unpaired) electrons. The molecule has 1 aliphatic carbocycles. The second-order valence-electron chi connectivity index (χ2n) is 5.04. The predicted molar refractivity (Wildman–Crippen MR) is 110 cm³/mol. The van der Waals surface area contributed by atoms with E-state index in [9.17, 15) is 0 Å². The van der Waals surface area contributed by atoms with Gasteiger partial charge in [0.05, 0.1) is 0 Å². The van der Waals surface area contributed by atoms with Gasteiger partial charge in [0.2, 0.25) is 0 Å². The molecule has 0 saturated carbocycles. The Kier molecular flexibility index (Phi) is 18.5. The first-order valence-corrected chi connectivity index (χ1v) is 6.69. The van der Waals surface area contributed by atoms with Gasteiger partial charge in [0, 0.05) is 26.2 Å². The van der Waals surface area contributed by atoms with Gasteiger partial charge in [0.25, 0.3) is 0 Å². The molecule has 0 aliphatic heterocycles. The van der Waals surface area contributed by atoms with E-state index in [4.69, 9.17) is 0 Å². The van der Waals surface area contributed by atoms with Gasteiger partial charge in [0.15, 0.2) is 0 Å². The van der Waals surface area contributed by atoms with E-state index in [0.717, 1.165) is 0 Å². The SMILES string of the molecule is C[c-]1ccc2cc3c(cc21)CCC3.[CH3-].[CH3-].[CH3-].[CH3-].[CH3-].[Zr].c1cc[cH-]c1. The molecule has 0 saturated heterocycles. The molecule has 0 spiro atoms. The van der Waals surface area contributed by atoms with E-state index in [0.29, 0.717) is 0 Å². The fraction of sp³-hybridized carbons (Fsp3) is 0.174. The van der Waals surface area contributed by atoms with Crippen LogP contribution in [0, 0.1) is 44.1 Å². The van der Waals surface area contributed by atoms with Crippen LogP contribution in [0.2, 0.25) is 0 Å². The van der Waals surface area contributed by atoms with Gasteiger partial charge in [0.1, 0.15) is 0 Å². The van der Waals surface area contributed by atoms with Crippen molar-refractivity contribution in [3.8, 4) is 0 Å². The van der Waals surface area contributed by atoms with E-state index in [-0.39, 0.29) is 63.3 Å². The molecule has 136 valence electrons. The summed E-state index contributed by atoms with van der Waals surface area (Å²) in [5.41, 5.74) is 4.59. The van der Waals surface area contributed by atoms with Gasteiger partial charge >= 0.3 is 0 Å². The number of benzene rings is 1. The monoisotopic (exact) mass is 399 g/mol. The fourth-order valence-electron chi connectivity index (χ4n) is 2.75. The Labute approximate surface area is 171 Å². The molecule has 0 bridgehead atoms. The van der Waals surface area contributed by atoms with Crippen LogP contribution >= 0.6 is 0 Å². The van der Waals surface area contributed by atoms with Crippen LogP contribution in [0.3, 0.4) is 0 Å². The summed E-state index contributed by atoms with van der Waals surface area (Å²) >= 11 is 0. The van der Waals surface area contributed by atoms with Crippen molar-refractivity contribution in [2.45, 2.75) is 26.2 Å². The first-order valence-electron chi connectivity index (χ1n) is 6.69. The zero-order valence-corrected chi connectivity index (χ0v) is 18.8. The maximum atomic E-state index is 2.40. The van der Waals surface area contributed by atoms with Crippen molar-refractivity contribution >= 4 is 10.8 Å². The molecule has 0 amide bonds. The van der Waals surface area contributed by atoms with Crippen LogP contribution in [-0.4, -0.2) is 0 Å². The van der Waals surface area contributed by atoms with Crippen molar-refractivity contribution in [1.82, 2.24) is 0 Å². The minimum Gasteiger partial charge on any atom is -0.358 e. The van der Waals surface area contributed by atoms with Crippen LogP contribution in [-0.2, 0) is 39.0 Å². The Morgan fingerprint density at radius 3 is 1.92 bits per heavy atom. The van der Waals surface area contributed by atoms with Gasteiger partial charge in [-0.15, -0.1) is 28.5 Å². The third-order valence-electron chi connectivity index (χ3n) is 3.76. The Balaban J connectivity index is -0.000000163. The number of hydrogen-bond donors (Lipinski definition) is 0. The maximum absolute atomic E-state index is 2.40. The summed E-state index contributed by atoms with van der Waals surface area (Å²) in [4.78, 5) is 0. The zero-order valence-electron chi connectivity index (χ0n) is 16.3. The van der Waals surface area contributed by atoms with E-state index >= 15 is 0 Å². The Morgan fingerprint density at radius 2 is 1.42 bits per heavy atom. The van der Waals surface area contributed by atoms with E-state index in [1.165, 1.54) is 35.6 Å². The van der Waals surface area contributed by atoms with Crippen LogP contribution in [0.5, 0.6) is 0 Å². The number of rotatable bonds is 0. The van der Waals surface area contributed by atoms with E-state index < -0.39 is 0 Å². The van der Waals surface area contributed by atoms with Crippen LogP contribution < -0.4 is 0 Å². The zero-order chi connectivity index (χ0) is 12.4. The van der Waals surface area contributed by atoms with Crippen molar-refractivity contribution < 1.29 is 26.2 Å². The van der Waals surface area contributed by atoms with Crippen LogP contribution in [0.4, 0.5) is 0 Å². The molecule has 0 unspecified atom stereocenters. The predicted octanol–water partition coefficient (Wildman–Crippen LogP) is 7.01. The van der Waals surface area contributed by atoms with Crippen molar-refractivity contribution in [3.05, 3.63) is 108 Å². The summed E-state index contributed by atoms with van der Waals surface area (Å²) in [5, 5.41) is 2.89. The summed E-state index contributed by atoms with van der Waals surface area (Å²) in [5.74, 6) is 0. The Morgan fingerprint density at radius 1 is 0.875 bits per heavy atom. The summed E-state index contributed by atoms with van der Waals surface area (Å²) in [6, 6.07) is 19.2. The summed E-state index contributed by atoms with van der Waals surface area (Å²) < 4.78 is 0. The van der Waals surface area contributed by atoms with Crippen molar-refractivity contribution in [2.75, 3.05) is 0 Å². The molecular formula is C23H33Zr-7. The van der Waals surface area contributed by atoms with Crippen LogP contribution in [0.15, 0.2) is 54.6 Å². The minimum atomic E-state index is 0. The normalized spacial score (nSPS) is 9.88. The summed E-state index contributed by atoms with van der Waals surface area (Å²) in [6.07, 6.45) is 3.92. The first-order chi connectivity index (χ1) is 8.84. The quantitative estimate of drug-likeness (QED) is 0.356. The number of hydrogen-bond acceptors (Lipinski definition) is 0. The van der Waals surface area contributed by atoms with Crippen LogP contribution in [0.25, 0.3) is 10.8 Å². The van der Waals surface area contributed by atoms with Crippen molar-refractivity contribution in [3.63, 3.8) is 0 Å². The fourth-order valence-corrected chi connectivity index (χ4v) is 2.75. The Bertz CT molecular complexity index is 612. The molecule has 1 aliphatic rings. The van der Waals surface area contributed by atoms with Crippen molar-refractivity contribution in [2.24, 2.45) is 0 Å². The molecule has 24 heavy (non-hydrogen) atoms. The van der Waals surface area contributed by atoms with Gasteiger partial charge < -0.3 is 37.1 Å². The smallest absolute Gasteiger partial charge is 0 e. The molecule has 0 nitrogen and oxygen atoms in total. The van der Waals surface area contributed by atoms with Gasteiger partial charge in [-0.2, -0.15) is 30.3 Å². The number of aryl methyl sites for hydroxylation is 3.